The number of esters is 1. The third-order valence-electron chi connectivity index (χ3n) is 19.2. The van der Waals surface area contributed by atoms with Gasteiger partial charge in [-0.2, -0.15) is 0 Å². The van der Waals surface area contributed by atoms with Crippen molar-refractivity contribution >= 4 is 11.9 Å². The molecule has 1 amide bonds. The molecule has 0 aromatic carbocycles. The normalized spacial score (nSPS) is 17.7. The van der Waals surface area contributed by atoms with Gasteiger partial charge in [0, 0.05) is 12.8 Å². The van der Waals surface area contributed by atoms with E-state index >= 15 is 0 Å². The summed E-state index contributed by atoms with van der Waals surface area (Å²) in [6.07, 6.45) is 84.4. The first-order valence-electron chi connectivity index (χ1n) is 40.4. The van der Waals surface area contributed by atoms with Gasteiger partial charge in [-0.3, -0.25) is 9.59 Å². The summed E-state index contributed by atoms with van der Waals surface area (Å²) in [5, 5.41) is 54.4. The summed E-state index contributed by atoms with van der Waals surface area (Å²) in [5.41, 5.74) is 0. The van der Waals surface area contributed by atoms with Gasteiger partial charge >= 0.3 is 5.97 Å². The van der Waals surface area contributed by atoms with Crippen LogP contribution in [0.1, 0.15) is 399 Å². The van der Waals surface area contributed by atoms with E-state index < -0.39 is 49.5 Å². The van der Waals surface area contributed by atoms with Crippen molar-refractivity contribution in [3.8, 4) is 0 Å². The molecule has 7 atom stereocenters. The summed E-state index contributed by atoms with van der Waals surface area (Å²) in [7, 11) is 0. The molecular weight excluding hydrogens is 1160 g/mol. The SMILES string of the molecule is CCCCCC/C=C\C/C=C\CCCCCCCCCC(=O)OCCCCCCCCCCCCCCCCCC/C=C\CCCCCCCCCCCCCCCCCCCC(=O)NC(COC1OC(CO)C(O)C(O)C1O)C(O)/C=C/CCCCCCCCCC. The molecule has 0 radical (unpaired) electrons. The maximum absolute atomic E-state index is 13.0. The van der Waals surface area contributed by atoms with Crippen LogP contribution in [0.4, 0.5) is 0 Å². The van der Waals surface area contributed by atoms with Gasteiger partial charge in [-0.25, -0.2) is 0 Å². The quantitative estimate of drug-likeness (QED) is 0.0195. The lowest BCUT2D eigenvalue weighted by Crippen LogP contribution is -2.60. The van der Waals surface area contributed by atoms with Gasteiger partial charge in [0.15, 0.2) is 6.29 Å². The number of carbonyl (C=O) groups is 2. The van der Waals surface area contributed by atoms with Crippen LogP contribution in [0.2, 0.25) is 0 Å². The van der Waals surface area contributed by atoms with Gasteiger partial charge in [0.1, 0.15) is 24.4 Å². The van der Waals surface area contributed by atoms with Crippen molar-refractivity contribution in [3.63, 3.8) is 0 Å². The Kier molecular flexibility index (Phi) is 67.6. The van der Waals surface area contributed by atoms with Crippen LogP contribution in [-0.2, 0) is 23.8 Å². The van der Waals surface area contributed by atoms with Gasteiger partial charge < -0.3 is 45.1 Å². The molecule has 0 saturated carbocycles. The number of hydrogen-bond donors (Lipinski definition) is 6. The molecule has 0 aromatic rings. The first-order valence-corrected chi connectivity index (χ1v) is 40.4. The van der Waals surface area contributed by atoms with E-state index in [0.717, 1.165) is 64.2 Å². The van der Waals surface area contributed by atoms with E-state index in [2.05, 4.69) is 55.6 Å². The van der Waals surface area contributed by atoms with Crippen LogP contribution in [0.15, 0.2) is 48.6 Å². The van der Waals surface area contributed by atoms with Crippen LogP contribution in [0.3, 0.4) is 0 Å². The number of carbonyl (C=O) groups excluding carboxylic acids is 2. The van der Waals surface area contributed by atoms with E-state index in [4.69, 9.17) is 14.2 Å². The van der Waals surface area contributed by atoms with Crippen molar-refractivity contribution in [2.45, 2.75) is 442 Å². The fourth-order valence-corrected chi connectivity index (χ4v) is 12.8. The number of ether oxygens (including phenoxy) is 3. The highest BCUT2D eigenvalue weighted by atomic mass is 16.7. The van der Waals surface area contributed by atoms with Crippen molar-refractivity contribution in [2.75, 3.05) is 19.8 Å². The molecule has 1 saturated heterocycles. The zero-order chi connectivity index (χ0) is 67.2. The van der Waals surface area contributed by atoms with Crippen LogP contribution in [0.5, 0.6) is 0 Å². The third-order valence-corrected chi connectivity index (χ3v) is 19.2. The smallest absolute Gasteiger partial charge is 0.305 e. The molecule has 93 heavy (non-hydrogen) atoms. The molecule has 1 fully saturated rings. The molecular formula is C82H153NO10. The highest BCUT2D eigenvalue weighted by molar-refractivity contribution is 5.76. The lowest BCUT2D eigenvalue weighted by molar-refractivity contribution is -0.302. The first-order chi connectivity index (χ1) is 45.7. The van der Waals surface area contributed by atoms with Crippen LogP contribution < -0.4 is 5.32 Å². The summed E-state index contributed by atoms with van der Waals surface area (Å²) in [6.45, 7) is 4.35. The van der Waals surface area contributed by atoms with Gasteiger partial charge in [-0.1, -0.05) is 345 Å². The Bertz CT molecular complexity index is 1690. The second-order valence-electron chi connectivity index (χ2n) is 28.1. The molecule has 546 valence electrons. The number of nitrogens with one attached hydrogen (secondary N) is 1. The van der Waals surface area contributed by atoms with Crippen LogP contribution in [-0.4, -0.2) is 100 Å². The van der Waals surface area contributed by atoms with Crippen LogP contribution in [0.25, 0.3) is 0 Å². The van der Waals surface area contributed by atoms with E-state index in [1.807, 2.05) is 6.08 Å². The molecule has 0 bridgehead atoms. The minimum atomic E-state index is -1.57. The molecule has 11 heteroatoms. The highest BCUT2D eigenvalue weighted by Crippen LogP contribution is 2.24. The van der Waals surface area contributed by atoms with E-state index in [1.165, 1.54) is 308 Å². The topological polar surface area (TPSA) is 175 Å². The Labute approximate surface area is 574 Å². The Morgan fingerprint density at radius 3 is 1.11 bits per heavy atom. The zero-order valence-electron chi connectivity index (χ0n) is 61.0. The number of aliphatic hydroxyl groups excluding tert-OH is 5. The van der Waals surface area contributed by atoms with Crippen molar-refractivity contribution in [2.24, 2.45) is 0 Å². The number of amides is 1. The minimum absolute atomic E-state index is 0.00829. The van der Waals surface area contributed by atoms with Crippen molar-refractivity contribution in [1.29, 1.82) is 0 Å². The molecule has 1 heterocycles. The molecule has 0 spiro atoms. The molecule has 1 aliphatic rings. The van der Waals surface area contributed by atoms with Crippen molar-refractivity contribution in [1.82, 2.24) is 5.32 Å². The summed E-state index contributed by atoms with van der Waals surface area (Å²) in [5.74, 6) is -0.169. The minimum Gasteiger partial charge on any atom is -0.466 e. The predicted octanol–water partition coefficient (Wildman–Crippen LogP) is 21.9. The van der Waals surface area contributed by atoms with E-state index in [0.29, 0.717) is 19.4 Å². The molecule has 1 aliphatic heterocycles. The Hall–Kier alpha value is -2.38. The molecule has 0 aromatic heterocycles. The third kappa shape index (κ3) is 59.4. The summed E-state index contributed by atoms with van der Waals surface area (Å²) in [4.78, 5) is 25.2. The van der Waals surface area contributed by atoms with E-state index in [9.17, 15) is 35.1 Å². The van der Waals surface area contributed by atoms with Crippen LogP contribution in [0, 0.1) is 0 Å². The first kappa shape index (κ1) is 88.6. The highest BCUT2D eigenvalue weighted by Gasteiger charge is 2.44. The predicted molar refractivity (Wildman–Crippen MR) is 394 cm³/mol. The molecule has 7 unspecified atom stereocenters. The fraction of sp³-hybridized carbons (Fsp3) is 0.878. The van der Waals surface area contributed by atoms with Gasteiger partial charge in [-0.05, 0) is 89.9 Å². The monoisotopic (exact) mass is 1310 g/mol. The second-order valence-corrected chi connectivity index (χ2v) is 28.1. The summed E-state index contributed by atoms with van der Waals surface area (Å²) >= 11 is 0. The number of allylic oxidation sites excluding steroid dienone is 7. The Balaban J connectivity index is 1.86. The Morgan fingerprint density at radius 1 is 0.398 bits per heavy atom. The van der Waals surface area contributed by atoms with Gasteiger partial charge in [0.2, 0.25) is 5.91 Å². The fourth-order valence-electron chi connectivity index (χ4n) is 12.8. The lowest BCUT2D eigenvalue weighted by Gasteiger charge is -2.40. The van der Waals surface area contributed by atoms with Crippen molar-refractivity contribution in [3.05, 3.63) is 48.6 Å². The number of rotatable bonds is 72. The summed E-state index contributed by atoms with van der Waals surface area (Å²) in [6, 6.07) is -0.806. The van der Waals surface area contributed by atoms with Gasteiger partial charge in [0.05, 0.1) is 32.0 Å². The standard InChI is InChI=1S/C82H153NO10/c1-3-5-7-9-11-13-15-16-17-18-41-44-47-50-54-58-62-66-70-78(87)91-71-67-63-59-55-51-48-45-42-39-37-35-33-31-29-27-25-23-21-19-20-22-24-26-28-30-32-34-36-38-40-43-46-49-53-57-61-65-69-77(86)83-74(73-92-82-81(90)80(89)79(88)76(72-84)93-82)75(85)68-64-60-56-52-14-12-10-8-6-4-2/h13,15,17-19,21,64,68,74-76,79-82,84-85,88-90H,3-12,14,16,20,22-63,65-67,69-73H2,1-2H3,(H,83,86)/b15-13-,18-17-,21-19-,68-64+. The van der Waals surface area contributed by atoms with E-state index in [1.54, 1.807) is 6.08 Å². The molecule has 6 N–H and O–H groups in total. The molecule has 0 aliphatic carbocycles. The Morgan fingerprint density at radius 2 is 0.720 bits per heavy atom. The maximum atomic E-state index is 13.0. The van der Waals surface area contributed by atoms with Gasteiger partial charge in [-0.15, -0.1) is 0 Å². The molecule has 11 nitrogen and oxygen atoms in total. The van der Waals surface area contributed by atoms with E-state index in [-0.39, 0.29) is 18.5 Å². The summed E-state index contributed by atoms with van der Waals surface area (Å²) < 4.78 is 16.8. The average Bonchev–Trinajstić information content (AvgIpc) is 0.935. The number of aliphatic hydroxyl groups is 5. The molecule has 1 rings (SSSR count). The lowest BCUT2D eigenvalue weighted by atomic mass is 9.99. The van der Waals surface area contributed by atoms with Crippen LogP contribution >= 0.6 is 0 Å². The zero-order valence-corrected chi connectivity index (χ0v) is 61.0. The maximum Gasteiger partial charge on any atom is 0.305 e. The second kappa shape index (κ2) is 70.9. The largest absolute Gasteiger partial charge is 0.466 e. The average molecular weight is 1310 g/mol. The van der Waals surface area contributed by atoms with Crippen molar-refractivity contribution < 1.29 is 49.3 Å². The number of hydrogen-bond acceptors (Lipinski definition) is 10. The number of unbranched alkanes of at least 4 members (excludes halogenated alkanes) is 52. The van der Waals surface area contributed by atoms with Gasteiger partial charge in [0.25, 0.3) is 0 Å².